The smallest absolute Gasteiger partial charge is 0.433 e. The zero-order valence-corrected chi connectivity index (χ0v) is 20.4. The molecule has 0 saturated carbocycles. The minimum Gasteiger partial charge on any atom is -0.471 e. The van der Waals surface area contributed by atoms with Crippen LogP contribution in [0.4, 0.5) is 13.2 Å². The summed E-state index contributed by atoms with van der Waals surface area (Å²) in [6, 6.07) is 8.74. The maximum Gasteiger partial charge on any atom is 0.433 e. The molecular weight excluding hydrogens is 487 g/mol. The molecule has 0 amide bonds. The highest BCUT2D eigenvalue weighted by molar-refractivity contribution is 5.95. The Morgan fingerprint density at radius 1 is 1.22 bits per heavy atom. The summed E-state index contributed by atoms with van der Waals surface area (Å²) in [6.07, 6.45) is -1.86. The Hall–Kier alpha value is -3.51. The van der Waals surface area contributed by atoms with E-state index in [0.717, 1.165) is 24.0 Å². The molecule has 37 heavy (non-hydrogen) atoms. The largest absolute Gasteiger partial charge is 0.471 e. The van der Waals surface area contributed by atoms with Crippen LogP contribution in [0.2, 0.25) is 0 Å². The van der Waals surface area contributed by atoms with E-state index in [0.29, 0.717) is 54.8 Å². The summed E-state index contributed by atoms with van der Waals surface area (Å²) >= 11 is 0. The maximum atomic E-state index is 13.8. The molecule has 0 spiro atoms. The van der Waals surface area contributed by atoms with Gasteiger partial charge in [-0.1, -0.05) is 18.2 Å². The third-order valence-corrected chi connectivity index (χ3v) is 7.24. The van der Waals surface area contributed by atoms with Gasteiger partial charge in [0.15, 0.2) is 0 Å². The molecule has 6 rings (SSSR count). The number of nitrogens with one attached hydrogen (secondary N) is 1. The van der Waals surface area contributed by atoms with E-state index in [4.69, 9.17) is 9.47 Å². The van der Waals surface area contributed by atoms with Crippen LogP contribution in [0.3, 0.4) is 0 Å². The number of halogens is 3. The van der Waals surface area contributed by atoms with Crippen molar-refractivity contribution in [2.75, 3.05) is 33.4 Å². The van der Waals surface area contributed by atoms with E-state index in [2.05, 4.69) is 30.3 Å². The number of H-pyrrole nitrogens is 1. The molecule has 3 aromatic heterocycles. The van der Waals surface area contributed by atoms with E-state index < -0.39 is 11.9 Å². The lowest BCUT2D eigenvalue weighted by atomic mass is 9.75. The number of ether oxygens (including phenoxy) is 2. The van der Waals surface area contributed by atoms with E-state index in [-0.39, 0.29) is 17.4 Å². The molecule has 0 radical (unpaired) electrons. The Morgan fingerprint density at radius 2 is 2.05 bits per heavy atom. The van der Waals surface area contributed by atoms with E-state index in [1.807, 2.05) is 42.9 Å². The van der Waals surface area contributed by atoms with Gasteiger partial charge in [-0.15, -0.1) is 10.2 Å². The number of aromatic amines is 1. The molecule has 1 aromatic carbocycles. The molecule has 0 aliphatic carbocycles. The number of likely N-dealkylation sites (tertiary alicyclic amines) is 1. The Morgan fingerprint density at radius 3 is 2.70 bits per heavy atom. The van der Waals surface area contributed by atoms with Crippen molar-refractivity contribution >= 4 is 10.9 Å². The van der Waals surface area contributed by atoms with Gasteiger partial charge in [-0.2, -0.15) is 18.3 Å². The van der Waals surface area contributed by atoms with Gasteiger partial charge >= 0.3 is 6.18 Å². The highest BCUT2D eigenvalue weighted by Crippen LogP contribution is 2.40. The van der Waals surface area contributed by atoms with Gasteiger partial charge in [0.05, 0.1) is 13.2 Å². The van der Waals surface area contributed by atoms with Crippen LogP contribution in [0, 0.1) is 0 Å². The standard InChI is InChI=1S/C25H26F3N7O2/c1-34-7-6-17(11-34)37-23-22-18(9-19(30-23)25(26,27)28)21(32-33-22)15-4-3-5-16(8-15)24(12-36-13-24)10-20-31-29-14-35(20)2/h3-5,8-9,14,17H,6-7,10-13H2,1-2H3,(H,32,33)/t17-/m0/s1. The molecular formula is C25H26F3N7O2. The molecule has 5 heterocycles. The zero-order chi connectivity index (χ0) is 25.8. The number of rotatable bonds is 6. The summed E-state index contributed by atoms with van der Waals surface area (Å²) in [5.41, 5.74) is 1.15. The number of alkyl halides is 3. The number of likely N-dealkylation sites (N-methyl/N-ethyl adjacent to an activating group) is 1. The van der Waals surface area contributed by atoms with Crippen molar-refractivity contribution in [1.82, 2.24) is 34.8 Å². The van der Waals surface area contributed by atoms with Crippen LogP contribution in [-0.4, -0.2) is 74.3 Å². The van der Waals surface area contributed by atoms with Crippen LogP contribution < -0.4 is 4.74 Å². The number of hydrogen-bond donors (Lipinski definition) is 1. The van der Waals surface area contributed by atoms with Crippen molar-refractivity contribution in [2.24, 2.45) is 7.05 Å². The van der Waals surface area contributed by atoms with Crippen LogP contribution in [-0.2, 0) is 29.8 Å². The van der Waals surface area contributed by atoms with E-state index in [9.17, 15) is 13.2 Å². The number of pyridine rings is 1. The Balaban J connectivity index is 1.40. The molecule has 194 valence electrons. The van der Waals surface area contributed by atoms with Crippen molar-refractivity contribution in [2.45, 2.75) is 30.5 Å². The first-order valence-corrected chi connectivity index (χ1v) is 12.0. The summed E-state index contributed by atoms with van der Waals surface area (Å²) < 4.78 is 54.9. The fourth-order valence-electron chi connectivity index (χ4n) is 5.07. The van der Waals surface area contributed by atoms with Gasteiger partial charge in [-0.25, -0.2) is 4.98 Å². The predicted octanol–water partition coefficient (Wildman–Crippen LogP) is 3.37. The van der Waals surface area contributed by atoms with Crippen LogP contribution in [0.5, 0.6) is 5.88 Å². The normalized spacial score (nSPS) is 19.9. The van der Waals surface area contributed by atoms with Gasteiger partial charge in [0.2, 0.25) is 5.88 Å². The highest BCUT2D eigenvalue weighted by Gasteiger charge is 2.42. The minimum atomic E-state index is -4.63. The van der Waals surface area contributed by atoms with Gasteiger partial charge in [0.1, 0.15) is 35.2 Å². The molecule has 2 saturated heterocycles. The Bertz CT molecular complexity index is 1440. The monoisotopic (exact) mass is 513 g/mol. The lowest BCUT2D eigenvalue weighted by Gasteiger charge is -2.41. The Kier molecular flexibility index (Phi) is 5.68. The summed E-state index contributed by atoms with van der Waals surface area (Å²) in [4.78, 5) is 5.90. The second-order valence-corrected chi connectivity index (χ2v) is 9.98. The van der Waals surface area contributed by atoms with Gasteiger partial charge in [-0.05, 0) is 31.2 Å². The van der Waals surface area contributed by atoms with Crippen molar-refractivity contribution in [3.05, 3.63) is 53.7 Å². The summed E-state index contributed by atoms with van der Waals surface area (Å²) in [7, 11) is 3.84. The van der Waals surface area contributed by atoms with E-state index in [1.54, 1.807) is 6.33 Å². The fraction of sp³-hybridized carbons (Fsp3) is 0.440. The van der Waals surface area contributed by atoms with Gasteiger partial charge in [0.25, 0.3) is 0 Å². The summed E-state index contributed by atoms with van der Waals surface area (Å²) in [6.45, 7) is 2.47. The average molecular weight is 514 g/mol. The molecule has 2 aliphatic rings. The molecule has 2 aliphatic heterocycles. The van der Waals surface area contributed by atoms with Crippen molar-refractivity contribution in [3.8, 4) is 17.1 Å². The Labute approximate surface area is 210 Å². The van der Waals surface area contributed by atoms with Gasteiger partial charge in [0, 0.05) is 42.9 Å². The van der Waals surface area contributed by atoms with Crippen molar-refractivity contribution in [1.29, 1.82) is 0 Å². The quantitative estimate of drug-likeness (QED) is 0.423. The summed E-state index contributed by atoms with van der Waals surface area (Å²) in [5.74, 6) is 0.755. The zero-order valence-electron chi connectivity index (χ0n) is 20.4. The number of nitrogens with zero attached hydrogens (tertiary/aromatic N) is 6. The van der Waals surface area contributed by atoms with E-state index in [1.165, 1.54) is 0 Å². The highest BCUT2D eigenvalue weighted by atomic mass is 19.4. The first-order chi connectivity index (χ1) is 17.7. The number of hydrogen-bond acceptors (Lipinski definition) is 7. The molecule has 0 unspecified atom stereocenters. The third kappa shape index (κ3) is 4.33. The molecule has 0 bridgehead atoms. The molecule has 1 N–H and O–H groups in total. The molecule has 2 fully saturated rings. The van der Waals surface area contributed by atoms with Gasteiger partial charge < -0.3 is 18.9 Å². The lowest BCUT2D eigenvalue weighted by molar-refractivity contribution is -0.141. The lowest BCUT2D eigenvalue weighted by Crippen LogP contribution is -2.49. The van der Waals surface area contributed by atoms with Crippen LogP contribution in [0.1, 0.15) is 23.5 Å². The van der Waals surface area contributed by atoms with Crippen molar-refractivity contribution in [3.63, 3.8) is 0 Å². The van der Waals surface area contributed by atoms with Crippen LogP contribution >= 0.6 is 0 Å². The predicted molar refractivity (Wildman–Crippen MR) is 128 cm³/mol. The third-order valence-electron chi connectivity index (χ3n) is 7.24. The number of benzene rings is 1. The summed E-state index contributed by atoms with van der Waals surface area (Å²) in [5, 5.41) is 15.8. The topological polar surface area (TPSA) is 94.0 Å². The van der Waals surface area contributed by atoms with E-state index >= 15 is 0 Å². The number of aryl methyl sites for hydroxylation is 1. The SMILES string of the molecule is CN1CC[C@H](Oc2nc(C(F)(F)F)cc3c(-c4cccc(C5(Cc6nncn6C)COC5)c4)n[nH]c23)C1. The fourth-order valence-corrected chi connectivity index (χ4v) is 5.07. The first kappa shape index (κ1) is 23.9. The number of fused-ring (bicyclic) bond motifs is 1. The van der Waals surface area contributed by atoms with Crippen molar-refractivity contribution < 1.29 is 22.6 Å². The molecule has 12 heteroatoms. The molecule has 1 atom stereocenters. The second-order valence-electron chi connectivity index (χ2n) is 9.98. The van der Waals surface area contributed by atoms with Gasteiger partial charge in [-0.3, -0.25) is 5.10 Å². The molecule has 9 nitrogen and oxygen atoms in total. The van der Waals surface area contributed by atoms with Crippen LogP contribution in [0.15, 0.2) is 36.7 Å². The second kappa shape index (κ2) is 8.80. The van der Waals surface area contributed by atoms with Crippen LogP contribution in [0.25, 0.3) is 22.2 Å². The number of aromatic nitrogens is 6. The maximum absolute atomic E-state index is 13.8. The average Bonchev–Trinajstić information content (AvgIpc) is 3.56. The first-order valence-electron chi connectivity index (χ1n) is 12.0. The minimum absolute atomic E-state index is 0.0776. The molecule has 4 aromatic rings.